The molecule has 0 fully saturated rings. The molecule has 0 radical (unpaired) electrons. The highest BCUT2D eigenvalue weighted by Gasteiger charge is 2.43. The second-order valence-electron chi connectivity index (χ2n) is 20.0. The zero-order valence-corrected chi connectivity index (χ0v) is 37.3. The Labute approximate surface area is 359 Å². The summed E-state index contributed by atoms with van der Waals surface area (Å²) in [6.45, 7) is 24.1. The van der Waals surface area contributed by atoms with Crippen molar-refractivity contribution in [3.63, 3.8) is 0 Å². The average molecular weight is 782 g/mol. The molecule has 2 unspecified atom stereocenters. The Balaban J connectivity index is 1.05. The Kier molecular flexibility index (Phi) is 8.46. The molecule has 0 aromatic heterocycles. The molecule has 0 saturated carbocycles. The normalized spacial score (nSPS) is 17.6. The van der Waals surface area contributed by atoms with E-state index in [1.54, 1.807) is 0 Å². The molecule has 3 aliphatic carbocycles. The third-order valence-corrected chi connectivity index (χ3v) is 15.9. The zero-order valence-electron chi connectivity index (χ0n) is 37.3. The summed E-state index contributed by atoms with van der Waals surface area (Å²) in [6.07, 6.45) is 1.96. The molecule has 2 atom stereocenters. The molecule has 0 spiro atoms. The molecule has 3 aliphatic rings. The van der Waals surface area contributed by atoms with Gasteiger partial charge in [-0.2, -0.15) is 0 Å². The predicted molar refractivity (Wildman–Crippen MR) is 255 cm³/mol. The lowest BCUT2D eigenvalue weighted by atomic mass is 9.70. The third kappa shape index (κ3) is 5.23. The minimum Gasteiger partial charge on any atom is -0.331 e. The second kappa shape index (κ2) is 13.2. The lowest BCUT2D eigenvalue weighted by molar-refractivity contribution is 0.462. The van der Waals surface area contributed by atoms with E-state index in [-0.39, 0.29) is 27.2 Å². The highest BCUT2D eigenvalue weighted by Crippen LogP contribution is 2.55. The molecule has 1 nitrogen and oxygen atoms in total. The number of fused-ring (bicyclic) bond motifs is 9. The summed E-state index contributed by atoms with van der Waals surface area (Å²) in [4.78, 5) is 2.62. The fourth-order valence-electron chi connectivity index (χ4n) is 11.7. The maximum atomic E-state index is 2.62. The van der Waals surface area contributed by atoms with Gasteiger partial charge in [-0.25, -0.2) is 0 Å². The van der Waals surface area contributed by atoms with Gasteiger partial charge in [0.1, 0.15) is 0 Å². The molecule has 1 heteroatoms. The molecule has 60 heavy (non-hydrogen) atoms. The molecule has 7 aromatic rings. The maximum absolute atomic E-state index is 2.62. The molecule has 0 N–H and O–H groups in total. The van der Waals surface area contributed by atoms with Crippen molar-refractivity contribution >= 4 is 11.4 Å². The van der Waals surface area contributed by atoms with Crippen molar-refractivity contribution < 1.29 is 0 Å². The number of rotatable bonds is 8. The minimum atomic E-state index is -0.321. The Bertz CT molecular complexity index is 2850. The number of hydrogen-bond donors (Lipinski definition) is 0. The van der Waals surface area contributed by atoms with E-state index in [0.717, 1.165) is 12.8 Å². The summed E-state index contributed by atoms with van der Waals surface area (Å²) in [7, 11) is 0. The minimum absolute atomic E-state index is 0.0259. The summed E-state index contributed by atoms with van der Waals surface area (Å²) in [5.41, 5.74) is 22.6. The van der Waals surface area contributed by atoms with Crippen LogP contribution in [-0.2, 0) is 27.2 Å². The van der Waals surface area contributed by atoms with Gasteiger partial charge in [0.2, 0.25) is 0 Å². The van der Waals surface area contributed by atoms with E-state index in [2.05, 4.69) is 226 Å². The number of anilines is 2. The highest BCUT2D eigenvalue weighted by atomic mass is 15.2. The zero-order chi connectivity index (χ0) is 42.0. The summed E-state index contributed by atoms with van der Waals surface area (Å²) in [6, 6.07) is 58.3. The standard InChI is InChI=1S/C59H59N/c1-11-58(9,38-26-30-45-43-22-16-18-24-49(43)55(3,4)51(45)34-38)39-27-31-46-47-32-28-40(36-53(47)57(7,8)52(46)35-39)59(10,12-2)60(41-20-14-13-15-21-41)42-29-33-48-44-23-17-19-25-50(44)56(5,6)54(48)37-42/h13-37H,11-12H2,1-10H3. The van der Waals surface area contributed by atoms with Crippen LogP contribution in [0.5, 0.6) is 0 Å². The Morgan fingerprint density at radius 2 is 0.750 bits per heavy atom. The van der Waals surface area contributed by atoms with Gasteiger partial charge >= 0.3 is 0 Å². The van der Waals surface area contributed by atoms with Crippen LogP contribution >= 0.6 is 0 Å². The Hall–Kier alpha value is -5.66. The first-order valence-corrected chi connectivity index (χ1v) is 22.3. The van der Waals surface area contributed by atoms with Gasteiger partial charge < -0.3 is 4.90 Å². The quantitative estimate of drug-likeness (QED) is 0.148. The van der Waals surface area contributed by atoms with E-state index in [0.29, 0.717) is 0 Å². The van der Waals surface area contributed by atoms with Gasteiger partial charge in [0.25, 0.3) is 0 Å². The fraction of sp³-hybridized carbons (Fsp3) is 0.288. The van der Waals surface area contributed by atoms with Crippen LogP contribution in [0.1, 0.15) is 132 Å². The van der Waals surface area contributed by atoms with Gasteiger partial charge in [-0.3, -0.25) is 0 Å². The van der Waals surface area contributed by atoms with E-state index in [1.165, 1.54) is 94.8 Å². The molecule has 0 heterocycles. The monoisotopic (exact) mass is 781 g/mol. The van der Waals surface area contributed by atoms with Crippen molar-refractivity contribution in [2.24, 2.45) is 0 Å². The van der Waals surface area contributed by atoms with Gasteiger partial charge in [-0.05, 0) is 127 Å². The van der Waals surface area contributed by atoms with Crippen molar-refractivity contribution in [2.45, 2.75) is 109 Å². The number of para-hydroxylation sites is 1. The smallest absolute Gasteiger partial charge is 0.0671 e. The first-order valence-electron chi connectivity index (χ1n) is 22.3. The van der Waals surface area contributed by atoms with E-state index in [1.807, 2.05) is 0 Å². The largest absolute Gasteiger partial charge is 0.331 e. The van der Waals surface area contributed by atoms with Crippen molar-refractivity contribution in [2.75, 3.05) is 4.90 Å². The van der Waals surface area contributed by atoms with Gasteiger partial charge in [-0.15, -0.1) is 0 Å². The van der Waals surface area contributed by atoms with E-state index >= 15 is 0 Å². The van der Waals surface area contributed by atoms with Crippen LogP contribution in [0.4, 0.5) is 11.4 Å². The molecule has 0 saturated heterocycles. The number of hydrogen-bond acceptors (Lipinski definition) is 1. The SMILES string of the molecule is CCC(C)(c1ccc2c(c1)C(C)(C)c1ccccc1-2)c1ccc2c(c1)C(C)(C)c1cc(C(C)(CC)N(c3ccccc3)c3ccc4c(c3)C(C)(C)c3ccccc3-4)ccc1-2. The van der Waals surface area contributed by atoms with Crippen molar-refractivity contribution in [3.8, 4) is 33.4 Å². The first-order chi connectivity index (χ1) is 28.7. The van der Waals surface area contributed by atoms with Crippen molar-refractivity contribution in [1.82, 2.24) is 0 Å². The molecule has 10 rings (SSSR count). The molecule has 0 bridgehead atoms. The molecule has 300 valence electrons. The van der Waals surface area contributed by atoms with Gasteiger partial charge in [0, 0.05) is 33.0 Å². The summed E-state index contributed by atoms with van der Waals surface area (Å²) >= 11 is 0. The summed E-state index contributed by atoms with van der Waals surface area (Å²) in [5, 5.41) is 0. The van der Waals surface area contributed by atoms with E-state index in [4.69, 9.17) is 0 Å². The lowest BCUT2D eigenvalue weighted by Gasteiger charge is -2.44. The maximum Gasteiger partial charge on any atom is 0.0671 e. The fourth-order valence-corrected chi connectivity index (χ4v) is 11.7. The Morgan fingerprint density at radius 1 is 0.367 bits per heavy atom. The molecular weight excluding hydrogens is 723 g/mol. The van der Waals surface area contributed by atoms with Crippen molar-refractivity contribution in [1.29, 1.82) is 0 Å². The van der Waals surface area contributed by atoms with E-state index in [9.17, 15) is 0 Å². The Morgan fingerprint density at radius 3 is 1.23 bits per heavy atom. The van der Waals surface area contributed by atoms with Gasteiger partial charge in [0.05, 0.1) is 5.54 Å². The van der Waals surface area contributed by atoms with Crippen LogP contribution in [0.3, 0.4) is 0 Å². The second-order valence-corrected chi connectivity index (χ2v) is 20.0. The van der Waals surface area contributed by atoms with Gasteiger partial charge in [-0.1, -0.05) is 190 Å². The topological polar surface area (TPSA) is 3.24 Å². The summed E-state index contributed by atoms with van der Waals surface area (Å²) in [5.74, 6) is 0. The van der Waals surface area contributed by atoms with Crippen LogP contribution in [0.25, 0.3) is 33.4 Å². The van der Waals surface area contributed by atoms with Crippen LogP contribution < -0.4 is 4.90 Å². The lowest BCUT2D eigenvalue weighted by Crippen LogP contribution is -2.41. The summed E-state index contributed by atoms with van der Waals surface area (Å²) < 4.78 is 0. The van der Waals surface area contributed by atoms with Crippen LogP contribution in [0, 0.1) is 0 Å². The van der Waals surface area contributed by atoms with Crippen LogP contribution in [-0.4, -0.2) is 0 Å². The van der Waals surface area contributed by atoms with Crippen LogP contribution in [0.15, 0.2) is 152 Å². The molecule has 7 aromatic carbocycles. The number of nitrogens with zero attached hydrogens (tertiary/aromatic N) is 1. The molecular formula is C59H59N. The average Bonchev–Trinajstić information content (AvgIpc) is 3.75. The first kappa shape index (κ1) is 38.5. The van der Waals surface area contributed by atoms with Crippen LogP contribution in [0.2, 0.25) is 0 Å². The highest BCUT2D eigenvalue weighted by molar-refractivity contribution is 5.85. The van der Waals surface area contributed by atoms with E-state index < -0.39 is 0 Å². The van der Waals surface area contributed by atoms with Gasteiger partial charge in [0.15, 0.2) is 0 Å². The number of benzene rings is 7. The predicted octanol–water partition coefficient (Wildman–Crippen LogP) is 15.8. The molecule has 0 aliphatic heterocycles. The molecule has 0 amide bonds. The third-order valence-electron chi connectivity index (χ3n) is 15.9. The van der Waals surface area contributed by atoms with Crippen molar-refractivity contribution in [3.05, 3.63) is 202 Å².